The zero-order valence-corrected chi connectivity index (χ0v) is 9.91. The van der Waals surface area contributed by atoms with E-state index in [9.17, 15) is 4.79 Å². The summed E-state index contributed by atoms with van der Waals surface area (Å²) in [7, 11) is 0. The highest BCUT2D eigenvalue weighted by Gasteiger charge is 2.06. The van der Waals surface area contributed by atoms with Gasteiger partial charge in [0.05, 0.1) is 18.8 Å². The second kappa shape index (κ2) is 5.56. The van der Waals surface area contributed by atoms with E-state index in [0.717, 1.165) is 4.88 Å². The molecule has 2 aromatic heterocycles. The summed E-state index contributed by atoms with van der Waals surface area (Å²) in [5.41, 5.74) is 1.01. The molecule has 0 spiro atoms. The van der Waals surface area contributed by atoms with E-state index in [1.54, 1.807) is 23.5 Å². The summed E-state index contributed by atoms with van der Waals surface area (Å²) in [6, 6.07) is 7.13. The predicted octanol–water partition coefficient (Wildman–Crippen LogP) is 1.57. The van der Waals surface area contributed by atoms with Gasteiger partial charge in [0, 0.05) is 16.6 Å². The number of aliphatic hydroxyl groups is 1. The number of pyridine rings is 1. The number of hydrogen-bond acceptors (Lipinski definition) is 4. The minimum absolute atomic E-state index is 0.157. The van der Waals surface area contributed by atoms with Crippen molar-refractivity contribution >= 4 is 17.2 Å². The Morgan fingerprint density at radius 3 is 3.06 bits per heavy atom. The Morgan fingerprint density at radius 2 is 2.35 bits per heavy atom. The molecule has 0 atom stereocenters. The molecule has 0 bridgehead atoms. The largest absolute Gasteiger partial charge is 0.390 e. The first-order valence-corrected chi connectivity index (χ1v) is 6.04. The smallest absolute Gasteiger partial charge is 0.251 e. The summed E-state index contributed by atoms with van der Waals surface area (Å²) in [5, 5.41) is 13.7. The molecule has 0 aliphatic heterocycles. The Hall–Kier alpha value is -1.72. The molecule has 0 unspecified atom stereocenters. The fraction of sp³-hybridized carbons (Fsp3) is 0.167. The normalized spacial score (nSPS) is 10.2. The molecule has 0 saturated carbocycles. The van der Waals surface area contributed by atoms with Crippen LogP contribution in [0.5, 0.6) is 0 Å². The first kappa shape index (κ1) is 11.8. The first-order valence-electron chi connectivity index (χ1n) is 5.16. The molecule has 1 amide bonds. The van der Waals surface area contributed by atoms with Crippen molar-refractivity contribution < 1.29 is 9.90 Å². The highest BCUT2D eigenvalue weighted by Crippen LogP contribution is 2.08. The summed E-state index contributed by atoms with van der Waals surface area (Å²) in [6.45, 7) is 0.360. The van der Waals surface area contributed by atoms with E-state index in [1.807, 2.05) is 17.5 Å². The SMILES string of the molecule is O=C(NCc1cccs1)c1ccnc(CO)c1. The lowest BCUT2D eigenvalue weighted by Crippen LogP contribution is -2.22. The van der Waals surface area contributed by atoms with Gasteiger partial charge in [0.1, 0.15) is 0 Å². The van der Waals surface area contributed by atoms with Gasteiger partial charge in [-0.3, -0.25) is 9.78 Å². The van der Waals surface area contributed by atoms with Crippen molar-refractivity contribution in [2.24, 2.45) is 0 Å². The van der Waals surface area contributed by atoms with Crippen molar-refractivity contribution in [3.63, 3.8) is 0 Å². The summed E-state index contributed by atoms with van der Waals surface area (Å²) in [4.78, 5) is 16.8. The molecule has 88 valence electrons. The van der Waals surface area contributed by atoms with Crippen LogP contribution in [0.2, 0.25) is 0 Å². The van der Waals surface area contributed by atoms with E-state index in [4.69, 9.17) is 5.11 Å². The van der Waals surface area contributed by atoms with Crippen LogP contribution in [0.15, 0.2) is 35.8 Å². The maximum Gasteiger partial charge on any atom is 0.251 e. The highest BCUT2D eigenvalue weighted by atomic mass is 32.1. The number of aromatic nitrogens is 1. The molecule has 17 heavy (non-hydrogen) atoms. The Bertz CT molecular complexity index is 497. The van der Waals surface area contributed by atoms with E-state index >= 15 is 0 Å². The van der Waals surface area contributed by atoms with Gasteiger partial charge in [-0.1, -0.05) is 6.07 Å². The van der Waals surface area contributed by atoms with Gasteiger partial charge in [0.15, 0.2) is 0 Å². The van der Waals surface area contributed by atoms with Crippen molar-refractivity contribution in [1.29, 1.82) is 0 Å². The van der Waals surface area contributed by atoms with E-state index in [0.29, 0.717) is 17.8 Å². The number of nitrogens with zero attached hydrogens (tertiary/aromatic N) is 1. The third-order valence-corrected chi connectivity index (χ3v) is 3.12. The van der Waals surface area contributed by atoms with Gasteiger partial charge in [-0.15, -0.1) is 11.3 Å². The Kier molecular flexibility index (Phi) is 3.85. The van der Waals surface area contributed by atoms with Crippen LogP contribution in [-0.2, 0) is 13.2 Å². The van der Waals surface area contributed by atoms with Crippen molar-refractivity contribution in [3.8, 4) is 0 Å². The molecule has 5 heteroatoms. The van der Waals surface area contributed by atoms with Gasteiger partial charge in [0.25, 0.3) is 5.91 Å². The second-order valence-corrected chi connectivity index (χ2v) is 4.49. The zero-order valence-electron chi connectivity index (χ0n) is 9.09. The Balaban J connectivity index is 1.99. The van der Waals surface area contributed by atoms with Crippen LogP contribution in [0.25, 0.3) is 0 Å². The third-order valence-electron chi connectivity index (χ3n) is 2.24. The lowest BCUT2D eigenvalue weighted by molar-refractivity contribution is 0.0951. The second-order valence-electron chi connectivity index (χ2n) is 3.46. The van der Waals surface area contributed by atoms with Crippen LogP contribution >= 0.6 is 11.3 Å². The quantitative estimate of drug-likeness (QED) is 0.863. The molecule has 2 aromatic rings. The molecule has 0 aromatic carbocycles. The van der Waals surface area contributed by atoms with Crippen LogP contribution in [0.3, 0.4) is 0 Å². The molecule has 0 fully saturated rings. The fourth-order valence-corrected chi connectivity index (χ4v) is 2.03. The van der Waals surface area contributed by atoms with E-state index < -0.39 is 0 Å². The summed E-state index contributed by atoms with van der Waals surface area (Å²) in [5.74, 6) is -0.157. The lowest BCUT2D eigenvalue weighted by Gasteiger charge is -2.04. The van der Waals surface area contributed by atoms with Gasteiger partial charge in [0.2, 0.25) is 0 Å². The number of thiophene rings is 1. The minimum atomic E-state index is -0.161. The van der Waals surface area contributed by atoms with Crippen molar-refractivity contribution in [3.05, 3.63) is 52.0 Å². The van der Waals surface area contributed by atoms with Crippen LogP contribution in [-0.4, -0.2) is 16.0 Å². The van der Waals surface area contributed by atoms with E-state index in [-0.39, 0.29) is 12.5 Å². The van der Waals surface area contributed by atoms with Gasteiger partial charge in [-0.05, 0) is 23.6 Å². The lowest BCUT2D eigenvalue weighted by atomic mass is 10.2. The molecular weight excluding hydrogens is 236 g/mol. The minimum Gasteiger partial charge on any atom is -0.390 e. The molecular formula is C12H12N2O2S. The standard InChI is InChI=1S/C12H12N2O2S/c15-8-10-6-9(3-4-13-10)12(16)14-7-11-2-1-5-17-11/h1-6,15H,7-8H2,(H,14,16). The van der Waals surface area contributed by atoms with Crippen molar-refractivity contribution in [2.45, 2.75) is 13.2 Å². The van der Waals surface area contributed by atoms with Crippen molar-refractivity contribution in [1.82, 2.24) is 10.3 Å². The van der Waals surface area contributed by atoms with Crippen molar-refractivity contribution in [2.75, 3.05) is 0 Å². The van der Waals surface area contributed by atoms with E-state index in [2.05, 4.69) is 10.3 Å². The summed E-state index contributed by atoms with van der Waals surface area (Å²) < 4.78 is 0. The number of carbonyl (C=O) groups is 1. The van der Waals surface area contributed by atoms with Crippen LogP contribution in [0, 0.1) is 0 Å². The number of hydrogen-bond donors (Lipinski definition) is 2. The van der Waals surface area contributed by atoms with Crippen LogP contribution < -0.4 is 5.32 Å². The number of amides is 1. The Morgan fingerprint density at radius 1 is 1.47 bits per heavy atom. The molecule has 2 heterocycles. The molecule has 4 nitrogen and oxygen atoms in total. The molecule has 2 N–H and O–H groups in total. The number of nitrogens with one attached hydrogen (secondary N) is 1. The summed E-state index contributed by atoms with van der Waals surface area (Å²) in [6.07, 6.45) is 1.52. The van der Waals surface area contributed by atoms with Crippen LogP contribution in [0.1, 0.15) is 20.9 Å². The molecule has 0 radical (unpaired) electrons. The zero-order chi connectivity index (χ0) is 12.1. The van der Waals surface area contributed by atoms with E-state index in [1.165, 1.54) is 6.20 Å². The molecule has 2 rings (SSSR count). The first-order chi connectivity index (χ1) is 8.29. The van der Waals surface area contributed by atoms with Gasteiger partial charge in [-0.2, -0.15) is 0 Å². The molecule has 0 saturated heterocycles. The average molecular weight is 248 g/mol. The Labute approximate surface area is 103 Å². The molecule has 0 aliphatic rings. The average Bonchev–Trinajstić information content (AvgIpc) is 2.89. The van der Waals surface area contributed by atoms with Gasteiger partial charge < -0.3 is 10.4 Å². The van der Waals surface area contributed by atoms with Gasteiger partial charge >= 0.3 is 0 Å². The maximum absolute atomic E-state index is 11.8. The van der Waals surface area contributed by atoms with Gasteiger partial charge in [-0.25, -0.2) is 0 Å². The van der Waals surface area contributed by atoms with Crippen LogP contribution in [0.4, 0.5) is 0 Å². The highest BCUT2D eigenvalue weighted by molar-refractivity contribution is 7.09. The summed E-state index contributed by atoms with van der Waals surface area (Å²) >= 11 is 1.60. The fourth-order valence-electron chi connectivity index (χ4n) is 1.39. The third kappa shape index (κ3) is 3.12. The number of rotatable bonds is 4. The maximum atomic E-state index is 11.8. The number of aliphatic hydroxyl groups excluding tert-OH is 1. The molecule has 0 aliphatic carbocycles. The number of carbonyl (C=O) groups excluding carboxylic acids is 1. The monoisotopic (exact) mass is 248 g/mol. The topological polar surface area (TPSA) is 62.2 Å². The predicted molar refractivity (Wildman–Crippen MR) is 65.6 cm³/mol.